The number of carbonyl (C=O) groups is 1. The van der Waals surface area contributed by atoms with Gasteiger partial charge >= 0.3 is 6.36 Å². The van der Waals surface area contributed by atoms with Gasteiger partial charge < -0.3 is 9.64 Å². The van der Waals surface area contributed by atoms with E-state index in [4.69, 9.17) is 23.2 Å². The average Bonchev–Trinajstić information content (AvgIpc) is 2.76. The second kappa shape index (κ2) is 11.0. The van der Waals surface area contributed by atoms with Gasteiger partial charge in [-0.05, 0) is 49.7 Å². The summed E-state index contributed by atoms with van der Waals surface area (Å²) >= 11 is 12.2. The quantitative estimate of drug-likeness (QED) is 0.480. The van der Waals surface area contributed by atoms with Gasteiger partial charge in [-0.25, -0.2) is 17.5 Å². The van der Waals surface area contributed by atoms with Crippen LogP contribution in [0.2, 0.25) is 10.0 Å². The molecule has 1 N–H and O–H groups in total. The van der Waals surface area contributed by atoms with Crippen molar-refractivity contribution in [3.05, 3.63) is 57.3 Å². The Balaban J connectivity index is 1.63. The summed E-state index contributed by atoms with van der Waals surface area (Å²) in [6.07, 6.45) is -4.84. The summed E-state index contributed by atoms with van der Waals surface area (Å²) in [7, 11) is -3.94. The van der Waals surface area contributed by atoms with E-state index in [2.05, 4.69) is 4.74 Å². The minimum Gasteiger partial charge on any atom is -0.404 e. The Kier molecular flexibility index (Phi) is 8.64. The first kappa shape index (κ1) is 28.3. The molecule has 1 fully saturated rings. The van der Waals surface area contributed by atoms with E-state index in [0.717, 1.165) is 18.2 Å². The zero-order chi connectivity index (χ0) is 26.8. The molecule has 198 valence electrons. The highest BCUT2D eigenvalue weighted by Crippen LogP contribution is 2.33. The highest BCUT2D eigenvalue weighted by molar-refractivity contribution is 7.90. The van der Waals surface area contributed by atoms with Crippen molar-refractivity contribution in [1.82, 2.24) is 9.62 Å². The maximum Gasteiger partial charge on any atom is 0.573 e. The first-order valence-corrected chi connectivity index (χ1v) is 13.0. The molecule has 36 heavy (non-hydrogen) atoms. The smallest absolute Gasteiger partial charge is 0.404 e. The third-order valence-corrected chi connectivity index (χ3v) is 7.87. The van der Waals surface area contributed by atoms with E-state index in [9.17, 15) is 30.8 Å². The molecule has 2 aromatic rings. The first-order chi connectivity index (χ1) is 16.7. The van der Waals surface area contributed by atoms with E-state index in [1.165, 1.54) is 26.0 Å². The summed E-state index contributed by atoms with van der Waals surface area (Å²) in [5, 5.41) is -0.932. The third kappa shape index (κ3) is 7.15. The van der Waals surface area contributed by atoms with Crippen molar-refractivity contribution >= 4 is 44.8 Å². The molecule has 1 aliphatic rings. The molecule has 0 unspecified atom stereocenters. The van der Waals surface area contributed by atoms with E-state index < -0.39 is 44.7 Å². The monoisotopic (exact) mass is 571 g/mol. The number of nitrogens with one attached hydrogen (secondary N) is 1. The number of rotatable bonds is 7. The molecule has 14 heteroatoms. The molecule has 2 aromatic carbocycles. The van der Waals surface area contributed by atoms with Gasteiger partial charge in [-0.2, -0.15) is 0 Å². The molecule has 0 saturated carbocycles. The number of piperazine rings is 1. The Hall–Kier alpha value is -2.28. The number of hydrogen-bond acceptors (Lipinski definition) is 6. The zero-order valence-corrected chi connectivity index (χ0v) is 21.5. The van der Waals surface area contributed by atoms with E-state index in [1.54, 1.807) is 0 Å². The van der Waals surface area contributed by atoms with Crippen LogP contribution in [-0.2, 0) is 16.6 Å². The maximum atomic E-state index is 14.6. The molecule has 1 saturated heterocycles. The minimum absolute atomic E-state index is 0.109. The summed E-state index contributed by atoms with van der Waals surface area (Å²) in [5.74, 6) is -2.49. The Bertz CT molecular complexity index is 1230. The van der Waals surface area contributed by atoms with Crippen LogP contribution in [0.15, 0.2) is 30.3 Å². The zero-order valence-electron chi connectivity index (χ0n) is 19.2. The molecular weight excluding hydrogens is 549 g/mol. The predicted molar refractivity (Wildman–Crippen MR) is 129 cm³/mol. The lowest BCUT2D eigenvalue weighted by Crippen LogP contribution is -2.46. The van der Waals surface area contributed by atoms with Crippen LogP contribution in [-0.4, -0.2) is 57.0 Å². The summed E-state index contributed by atoms with van der Waals surface area (Å²) in [6.45, 7) is 5.14. The molecule has 0 atom stereocenters. The van der Waals surface area contributed by atoms with Gasteiger partial charge in [-0.3, -0.25) is 9.69 Å². The average molecular weight is 572 g/mol. The SMILES string of the molecule is CC(C)S(=O)(=O)NC(=O)c1cc(Cl)c(CN2CCN(c3ccc(OC(F)(F)F)c(Cl)c3)CC2)cc1F. The second-order valence-corrected chi connectivity index (χ2v) is 11.4. The molecule has 0 spiro atoms. The van der Waals surface area contributed by atoms with Gasteiger partial charge in [0, 0.05) is 43.4 Å². The van der Waals surface area contributed by atoms with E-state index in [1.807, 2.05) is 14.5 Å². The van der Waals surface area contributed by atoms with Crippen molar-refractivity contribution in [3.63, 3.8) is 0 Å². The van der Waals surface area contributed by atoms with Gasteiger partial charge in [0.05, 0.1) is 15.8 Å². The van der Waals surface area contributed by atoms with E-state index >= 15 is 0 Å². The number of carbonyl (C=O) groups excluding carboxylic acids is 1. The second-order valence-electron chi connectivity index (χ2n) is 8.37. The van der Waals surface area contributed by atoms with Crippen molar-refractivity contribution in [2.45, 2.75) is 32.0 Å². The number of anilines is 1. The van der Waals surface area contributed by atoms with Gasteiger partial charge in [0.1, 0.15) is 11.6 Å². The molecule has 3 rings (SSSR count). The molecule has 0 aliphatic carbocycles. The van der Waals surface area contributed by atoms with Gasteiger partial charge in [0.2, 0.25) is 10.0 Å². The molecule has 1 aliphatic heterocycles. The molecule has 0 bridgehead atoms. The number of ether oxygens (including phenoxy) is 1. The van der Waals surface area contributed by atoms with Gasteiger partial charge in [-0.15, -0.1) is 13.2 Å². The van der Waals surface area contributed by atoms with Crippen LogP contribution in [0.5, 0.6) is 5.75 Å². The lowest BCUT2D eigenvalue weighted by atomic mass is 10.1. The lowest BCUT2D eigenvalue weighted by Gasteiger charge is -2.36. The Morgan fingerprint density at radius 2 is 1.72 bits per heavy atom. The van der Waals surface area contributed by atoms with Crippen molar-refractivity contribution < 1.29 is 35.5 Å². The van der Waals surface area contributed by atoms with Crippen LogP contribution in [0, 0.1) is 5.82 Å². The Labute approximate surface area is 216 Å². The van der Waals surface area contributed by atoms with Crippen LogP contribution >= 0.6 is 23.2 Å². The van der Waals surface area contributed by atoms with Crippen molar-refractivity contribution in [2.24, 2.45) is 0 Å². The minimum atomic E-state index is -4.84. The van der Waals surface area contributed by atoms with Crippen molar-refractivity contribution in [2.75, 3.05) is 31.1 Å². The summed E-state index contributed by atoms with van der Waals surface area (Å²) in [4.78, 5) is 16.2. The fourth-order valence-corrected chi connectivity index (χ4v) is 4.53. The number of halogens is 6. The number of nitrogens with zero attached hydrogens (tertiary/aromatic N) is 2. The normalized spacial score (nSPS) is 15.3. The predicted octanol–water partition coefficient (Wildman–Crippen LogP) is 4.82. The lowest BCUT2D eigenvalue weighted by molar-refractivity contribution is -0.274. The van der Waals surface area contributed by atoms with Crippen molar-refractivity contribution in [3.8, 4) is 5.75 Å². The fourth-order valence-electron chi connectivity index (χ4n) is 3.48. The van der Waals surface area contributed by atoms with Crippen LogP contribution in [0.3, 0.4) is 0 Å². The van der Waals surface area contributed by atoms with Crippen molar-refractivity contribution in [1.29, 1.82) is 0 Å². The molecular formula is C22H23Cl2F4N3O4S. The number of hydrogen-bond donors (Lipinski definition) is 1. The standard InChI is InChI=1S/C22H23Cl2F4N3O4S/c1-13(2)36(33,34)29-21(32)16-11-17(23)14(9-19(16)25)12-30-5-7-31(8-6-30)15-3-4-20(18(24)10-15)35-22(26,27)28/h3-4,9-11,13H,5-8,12H2,1-2H3,(H,29,32). The summed E-state index contributed by atoms with van der Waals surface area (Å²) in [5.41, 5.74) is 0.570. The Morgan fingerprint density at radius 1 is 1.08 bits per heavy atom. The molecule has 7 nitrogen and oxygen atoms in total. The summed E-state index contributed by atoms with van der Waals surface area (Å²) < 4.78 is 81.4. The summed E-state index contributed by atoms with van der Waals surface area (Å²) in [6, 6.07) is 6.24. The van der Waals surface area contributed by atoms with Crippen LogP contribution < -0.4 is 14.4 Å². The van der Waals surface area contributed by atoms with Gasteiger partial charge in [0.15, 0.2) is 0 Å². The van der Waals surface area contributed by atoms with E-state index in [0.29, 0.717) is 37.4 Å². The molecule has 0 aromatic heterocycles. The third-order valence-electron chi connectivity index (χ3n) is 5.51. The fraction of sp³-hybridized carbons (Fsp3) is 0.409. The van der Waals surface area contributed by atoms with Gasteiger partial charge in [-0.1, -0.05) is 23.2 Å². The van der Waals surface area contributed by atoms with Gasteiger partial charge in [0.25, 0.3) is 5.91 Å². The highest BCUT2D eigenvalue weighted by atomic mass is 35.5. The largest absolute Gasteiger partial charge is 0.573 e. The van der Waals surface area contributed by atoms with E-state index in [-0.39, 0.29) is 16.6 Å². The number of sulfonamides is 1. The molecule has 1 amide bonds. The first-order valence-electron chi connectivity index (χ1n) is 10.7. The highest BCUT2D eigenvalue weighted by Gasteiger charge is 2.32. The molecule has 1 heterocycles. The van der Waals surface area contributed by atoms with Crippen LogP contribution in [0.25, 0.3) is 0 Å². The number of benzene rings is 2. The molecule has 0 radical (unpaired) electrons. The number of amides is 1. The topological polar surface area (TPSA) is 79.0 Å². The number of alkyl halides is 3. The van der Waals surface area contributed by atoms with Crippen LogP contribution in [0.1, 0.15) is 29.8 Å². The van der Waals surface area contributed by atoms with Crippen LogP contribution in [0.4, 0.5) is 23.2 Å². The maximum absolute atomic E-state index is 14.6. The Morgan fingerprint density at radius 3 is 2.28 bits per heavy atom.